The van der Waals surface area contributed by atoms with Crippen LogP contribution in [0, 0.1) is 0 Å². The highest BCUT2D eigenvalue weighted by atomic mass is 35.5. The van der Waals surface area contributed by atoms with Gasteiger partial charge in [-0.05, 0) is 19.9 Å². The van der Waals surface area contributed by atoms with E-state index < -0.39 is 0 Å². The van der Waals surface area contributed by atoms with Gasteiger partial charge in [0.05, 0.1) is 16.2 Å². The number of hydrogen-bond donors (Lipinski definition) is 2. The number of nitrogens with zero attached hydrogens (tertiary/aromatic N) is 1. The van der Waals surface area contributed by atoms with Gasteiger partial charge in [-0.3, -0.25) is 0 Å². The Morgan fingerprint density at radius 3 is 3.08 bits per heavy atom. The van der Waals surface area contributed by atoms with Crippen molar-refractivity contribution in [2.75, 3.05) is 17.2 Å². The van der Waals surface area contributed by atoms with Crippen molar-refractivity contribution in [2.24, 2.45) is 0 Å². The number of aromatic nitrogens is 1. The maximum absolute atomic E-state index is 5.82. The van der Waals surface area contributed by atoms with Crippen molar-refractivity contribution in [3.8, 4) is 0 Å². The van der Waals surface area contributed by atoms with Crippen molar-refractivity contribution in [2.45, 2.75) is 19.4 Å². The van der Waals surface area contributed by atoms with Gasteiger partial charge in [0.1, 0.15) is 5.82 Å². The first-order valence-corrected chi connectivity index (χ1v) is 4.62. The molecule has 0 atom stereocenters. The second-order valence-corrected chi connectivity index (χ2v) is 4.35. The molecule has 0 spiro atoms. The number of pyridine rings is 1. The molecule has 0 radical (unpaired) electrons. The van der Waals surface area contributed by atoms with Crippen LogP contribution in [0.25, 0.3) is 0 Å². The summed E-state index contributed by atoms with van der Waals surface area (Å²) in [5.74, 6) is 0.876. The minimum atomic E-state index is 0.0494. The van der Waals surface area contributed by atoms with E-state index in [1.54, 1.807) is 6.20 Å². The fourth-order valence-corrected chi connectivity index (χ4v) is 1.51. The highest BCUT2D eigenvalue weighted by Crippen LogP contribution is 2.29. The van der Waals surface area contributed by atoms with E-state index in [4.69, 9.17) is 11.6 Å². The van der Waals surface area contributed by atoms with Crippen molar-refractivity contribution in [1.29, 1.82) is 0 Å². The van der Waals surface area contributed by atoms with Crippen molar-refractivity contribution < 1.29 is 0 Å². The van der Waals surface area contributed by atoms with E-state index in [1.165, 1.54) is 0 Å². The zero-order valence-corrected chi connectivity index (χ0v) is 8.44. The van der Waals surface area contributed by atoms with E-state index in [-0.39, 0.29) is 5.54 Å². The van der Waals surface area contributed by atoms with Gasteiger partial charge < -0.3 is 10.6 Å². The maximum atomic E-state index is 5.82. The summed E-state index contributed by atoms with van der Waals surface area (Å²) in [5, 5.41) is 7.28. The van der Waals surface area contributed by atoms with Crippen LogP contribution >= 0.6 is 11.6 Å². The molecule has 0 fully saturated rings. The third-order valence-electron chi connectivity index (χ3n) is 2.03. The molecule has 0 saturated heterocycles. The van der Waals surface area contributed by atoms with Crippen LogP contribution in [-0.4, -0.2) is 17.1 Å². The average molecular weight is 198 g/mol. The molecule has 0 aromatic carbocycles. The molecular formula is C9H12ClN3. The Labute approximate surface area is 82.5 Å². The number of fused-ring (bicyclic) bond motifs is 1. The van der Waals surface area contributed by atoms with Crippen LogP contribution in [0.15, 0.2) is 12.3 Å². The molecule has 3 nitrogen and oxygen atoms in total. The molecule has 1 aliphatic rings. The molecule has 13 heavy (non-hydrogen) atoms. The smallest absolute Gasteiger partial charge is 0.149 e. The van der Waals surface area contributed by atoms with Gasteiger partial charge in [0, 0.05) is 12.7 Å². The first-order chi connectivity index (χ1) is 6.07. The number of nitrogens with one attached hydrogen (secondary N) is 2. The summed E-state index contributed by atoms with van der Waals surface area (Å²) in [6.45, 7) is 5.13. The lowest BCUT2D eigenvalue weighted by molar-refractivity contribution is 0.585. The Hall–Kier alpha value is -0.960. The van der Waals surface area contributed by atoms with Crippen LogP contribution in [0.1, 0.15) is 13.8 Å². The van der Waals surface area contributed by atoms with Crippen molar-refractivity contribution in [3.63, 3.8) is 0 Å². The summed E-state index contributed by atoms with van der Waals surface area (Å²) in [7, 11) is 0. The van der Waals surface area contributed by atoms with E-state index in [2.05, 4.69) is 29.5 Å². The molecule has 1 aromatic rings. The fourth-order valence-electron chi connectivity index (χ4n) is 1.35. The number of rotatable bonds is 0. The summed E-state index contributed by atoms with van der Waals surface area (Å²) in [4.78, 5) is 4.21. The van der Waals surface area contributed by atoms with Crippen LogP contribution in [0.5, 0.6) is 0 Å². The van der Waals surface area contributed by atoms with Gasteiger partial charge in [-0.25, -0.2) is 4.98 Å². The van der Waals surface area contributed by atoms with Crippen LogP contribution in [0.3, 0.4) is 0 Å². The molecule has 70 valence electrons. The van der Waals surface area contributed by atoms with Crippen LogP contribution < -0.4 is 10.6 Å². The number of halogens is 1. The monoisotopic (exact) mass is 197 g/mol. The molecule has 1 aliphatic heterocycles. The Morgan fingerprint density at radius 2 is 2.31 bits per heavy atom. The van der Waals surface area contributed by atoms with Crippen molar-refractivity contribution in [1.82, 2.24) is 4.98 Å². The Bertz CT molecular complexity index is 336. The molecule has 0 saturated carbocycles. The number of anilines is 2. The van der Waals surface area contributed by atoms with Crippen molar-refractivity contribution in [3.05, 3.63) is 17.3 Å². The highest BCUT2D eigenvalue weighted by Gasteiger charge is 2.24. The van der Waals surface area contributed by atoms with Gasteiger partial charge in [0.2, 0.25) is 0 Å². The van der Waals surface area contributed by atoms with Gasteiger partial charge in [-0.2, -0.15) is 0 Å². The summed E-state index contributed by atoms with van der Waals surface area (Å²) < 4.78 is 0. The van der Waals surface area contributed by atoms with E-state index in [9.17, 15) is 0 Å². The van der Waals surface area contributed by atoms with Gasteiger partial charge in [-0.15, -0.1) is 0 Å². The summed E-state index contributed by atoms with van der Waals surface area (Å²) >= 11 is 5.82. The second-order valence-electron chi connectivity index (χ2n) is 3.91. The molecule has 0 amide bonds. The molecule has 2 heterocycles. The Balaban J connectivity index is 2.37. The lowest BCUT2D eigenvalue weighted by atomic mass is 10.0. The predicted octanol–water partition coefficient (Wildman–Crippen LogP) is 2.35. The first-order valence-electron chi connectivity index (χ1n) is 4.24. The van der Waals surface area contributed by atoms with Gasteiger partial charge in [0.25, 0.3) is 0 Å². The number of hydrogen-bond acceptors (Lipinski definition) is 3. The SMILES string of the molecule is CC1(C)CNc2cc(Cl)cnc2N1. The van der Waals surface area contributed by atoms with E-state index in [0.717, 1.165) is 18.1 Å². The van der Waals surface area contributed by atoms with E-state index in [0.29, 0.717) is 5.02 Å². The molecular weight excluding hydrogens is 186 g/mol. The molecule has 0 bridgehead atoms. The van der Waals surface area contributed by atoms with E-state index in [1.807, 2.05) is 6.07 Å². The lowest BCUT2D eigenvalue weighted by Gasteiger charge is -2.33. The molecule has 2 rings (SSSR count). The van der Waals surface area contributed by atoms with E-state index >= 15 is 0 Å². The molecule has 4 heteroatoms. The highest BCUT2D eigenvalue weighted by molar-refractivity contribution is 6.30. The molecule has 1 aromatic heterocycles. The first kappa shape index (κ1) is 8.63. The third kappa shape index (κ3) is 1.70. The van der Waals surface area contributed by atoms with Crippen LogP contribution in [0.4, 0.5) is 11.5 Å². The normalized spacial score (nSPS) is 18.4. The minimum absolute atomic E-state index is 0.0494. The minimum Gasteiger partial charge on any atom is -0.380 e. The Kier molecular flexibility index (Phi) is 1.84. The maximum Gasteiger partial charge on any atom is 0.149 e. The predicted molar refractivity (Wildman–Crippen MR) is 55.4 cm³/mol. The van der Waals surface area contributed by atoms with Gasteiger partial charge >= 0.3 is 0 Å². The largest absolute Gasteiger partial charge is 0.380 e. The zero-order chi connectivity index (χ0) is 9.47. The van der Waals surface area contributed by atoms with Gasteiger partial charge in [0.15, 0.2) is 0 Å². The molecule has 2 N–H and O–H groups in total. The van der Waals surface area contributed by atoms with Crippen LogP contribution in [-0.2, 0) is 0 Å². The summed E-state index contributed by atoms with van der Waals surface area (Å²) in [5.41, 5.74) is 1.03. The topological polar surface area (TPSA) is 37.0 Å². The summed E-state index contributed by atoms with van der Waals surface area (Å²) in [6.07, 6.45) is 1.65. The van der Waals surface area contributed by atoms with Crippen molar-refractivity contribution >= 4 is 23.1 Å². The lowest BCUT2D eigenvalue weighted by Crippen LogP contribution is -2.42. The zero-order valence-electron chi connectivity index (χ0n) is 7.69. The van der Waals surface area contributed by atoms with Gasteiger partial charge in [-0.1, -0.05) is 11.6 Å². The second kappa shape index (κ2) is 2.77. The quantitative estimate of drug-likeness (QED) is 0.671. The third-order valence-corrected chi connectivity index (χ3v) is 2.24. The average Bonchev–Trinajstić information content (AvgIpc) is 2.05. The standard InChI is InChI=1S/C9H12ClN3/c1-9(2)5-12-7-3-6(10)4-11-8(7)13-9/h3-4,12H,5H2,1-2H3,(H,11,13). The van der Waals surface area contributed by atoms with Crippen LogP contribution in [0.2, 0.25) is 5.02 Å². The fraction of sp³-hybridized carbons (Fsp3) is 0.444. The Morgan fingerprint density at radius 1 is 1.54 bits per heavy atom. The molecule has 0 aliphatic carbocycles. The summed E-state index contributed by atoms with van der Waals surface area (Å²) in [6, 6.07) is 1.88. The molecule has 0 unspecified atom stereocenters.